The minimum Gasteiger partial charge on any atom is -0.490 e. The van der Waals surface area contributed by atoms with E-state index in [2.05, 4.69) is 0 Å². The molecule has 2 aliphatic heterocycles. The van der Waals surface area contributed by atoms with Crippen molar-refractivity contribution in [1.82, 2.24) is 0 Å². The number of carbonyl (C=O) groups excluding carboxylic acids is 1. The summed E-state index contributed by atoms with van der Waals surface area (Å²) < 4.78 is 18.0. The van der Waals surface area contributed by atoms with Crippen molar-refractivity contribution in [1.29, 1.82) is 0 Å². The second kappa shape index (κ2) is 8.20. The van der Waals surface area contributed by atoms with E-state index in [1.165, 1.54) is 11.3 Å². The quantitative estimate of drug-likeness (QED) is 0.581. The fraction of sp³-hybridized carbons (Fsp3) is 0.304. The fourth-order valence-electron chi connectivity index (χ4n) is 3.92. The summed E-state index contributed by atoms with van der Waals surface area (Å²) in [5.74, 6) is 1.15. The standard InChI is InChI=1S/C23H22N2O5S/c1-2-3-20(27)25-8-11-29-19-5-4-15(12-17(19)25)16-14-31-23-18(26)13-21(30-22(16)23)24-6-9-28-10-7-24/h2-5,12-14H,6-11H2,1H3/b3-2+. The molecule has 0 radical (unpaired) electrons. The van der Waals surface area contributed by atoms with Gasteiger partial charge in [0.25, 0.3) is 5.91 Å². The van der Waals surface area contributed by atoms with Crippen LogP contribution in [0.3, 0.4) is 0 Å². The van der Waals surface area contributed by atoms with Gasteiger partial charge >= 0.3 is 0 Å². The van der Waals surface area contributed by atoms with Gasteiger partial charge in [0.1, 0.15) is 17.1 Å². The normalized spacial score (nSPS) is 16.5. The number of fused-ring (bicyclic) bond motifs is 2. The summed E-state index contributed by atoms with van der Waals surface area (Å²) in [5, 5.41) is 1.93. The summed E-state index contributed by atoms with van der Waals surface area (Å²) in [6.45, 7) is 5.35. The number of hydrogen-bond donors (Lipinski definition) is 0. The van der Waals surface area contributed by atoms with Gasteiger partial charge in [-0.05, 0) is 30.7 Å². The number of carbonyl (C=O) groups is 1. The first-order valence-corrected chi connectivity index (χ1v) is 11.1. The first-order valence-electron chi connectivity index (χ1n) is 10.2. The lowest BCUT2D eigenvalue weighted by Crippen LogP contribution is -2.36. The number of anilines is 2. The monoisotopic (exact) mass is 438 g/mol. The van der Waals surface area contributed by atoms with Crippen LogP contribution in [-0.4, -0.2) is 45.4 Å². The minimum absolute atomic E-state index is 0.0508. The van der Waals surface area contributed by atoms with E-state index in [-0.39, 0.29) is 11.3 Å². The van der Waals surface area contributed by atoms with Crippen LogP contribution < -0.4 is 20.0 Å². The molecule has 0 bridgehead atoms. The molecule has 0 N–H and O–H groups in total. The van der Waals surface area contributed by atoms with E-state index in [0.717, 1.165) is 16.8 Å². The molecule has 1 saturated heterocycles. The third-order valence-corrected chi connectivity index (χ3v) is 6.44. The number of thiophene rings is 1. The van der Waals surface area contributed by atoms with E-state index >= 15 is 0 Å². The van der Waals surface area contributed by atoms with Crippen LogP contribution in [0.25, 0.3) is 21.4 Å². The highest BCUT2D eigenvalue weighted by Gasteiger charge is 2.24. The summed E-state index contributed by atoms with van der Waals surface area (Å²) >= 11 is 1.37. The average Bonchev–Trinajstić information content (AvgIpc) is 3.24. The van der Waals surface area contributed by atoms with Gasteiger partial charge in [-0.15, -0.1) is 11.3 Å². The van der Waals surface area contributed by atoms with Crippen molar-refractivity contribution in [2.75, 3.05) is 49.3 Å². The summed E-state index contributed by atoms with van der Waals surface area (Å²) in [6, 6.07) is 7.30. The van der Waals surface area contributed by atoms with Crippen LogP contribution in [0, 0.1) is 0 Å². The van der Waals surface area contributed by atoms with Crippen LogP contribution >= 0.6 is 11.3 Å². The van der Waals surface area contributed by atoms with E-state index in [0.29, 0.717) is 61.4 Å². The molecule has 0 atom stereocenters. The summed E-state index contributed by atoms with van der Waals surface area (Å²) in [7, 11) is 0. The second-order valence-corrected chi connectivity index (χ2v) is 8.26. The Kier molecular flexibility index (Phi) is 5.25. The van der Waals surface area contributed by atoms with Gasteiger partial charge in [-0.25, -0.2) is 0 Å². The van der Waals surface area contributed by atoms with E-state index in [4.69, 9.17) is 13.9 Å². The highest BCUT2D eigenvalue weighted by atomic mass is 32.1. The topological polar surface area (TPSA) is 72.2 Å². The lowest BCUT2D eigenvalue weighted by Gasteiger charge is -2.29. The number of amides is 1. The van der Waals surface area contributed by atoms with Gasteiger partial charge < -0.3 is 23.7 Å². The van der Waals surface area contributed by atoms with Gasteiger partial charge in [-0.1, -0.05) is 12.1 Å². The highest BCUT2D eigenvalue weighted by molar-refractivity contribution is 7.17. The van der Waals surface area contributed by atoms with Gasteiger partial charge in [0.15, 0.2) is 11.5 Å². The average molecular weight is 439 g/mol. The van der Waals surface area contributed by atoms with Crippen molar-refractivity contribution in [3.63, 3.8) is 0 Å². The van der Waals surface area contributed by atoms with E-state index in [1.807, 2.05) is 35.4 Å². The number of rotatable bonds is 3. The van der Waals surface area contributed by atoms with Crippen LogP contribution in [0.2, 0.25) is 0 Å². The van der Waals surface area contributed by atoms with Crippen LogP contribution in [0.5, 0.6) is 5.75 Å². The van der Waals surface area contributed by atoms with Crippen LogP contribution in [-0.2, 0) is 9.53 Å². The molecule has 5 rings (SSSR count). The molecule has 2 aromatic heterocycles. The Labute approximate surface area is 183 Å². The SMILES string of the molecule is C/C=C/C(=O)N1CCOc2ccc(-c3csc4c(=O)cc(N5CCOCC5)oc34)cc21. The number of hydrogen-bond acceptors (Lipinski definition) is 7. The first-order chi connectivity index (χ1) is 15.2. The number of benzene rings is 1. The molecule has 1 aromatic carbocycles. The Hall–Kier alpha value is -3.10. The Balaban J connectivity index is 1.59. The molecular formula is C23H22N2O5S. The number of ether oxygens (including phenoxy) is 2. The van der Waals surface area contributed by atoms with Crippen molar-refractivity contribution in [2.45, 2.75) is 6.92 Å². The lowest BCUT2D eigenvalue weighted by molar-refractivity contribution is -0.114. The van der Waals surface area contributed by atoms with Gasteiger partial charge in [-0.2, -0.15) is 0 Å². The van der Waals surface area contributed by atoms with Crippen molar-refractivity contribution < 1.29 is 18.7 Å². The lowest BCUT2D eigenvalue weighted by atomic mass is 10.1. The Bertz CT molecular complexity index is 1220. The molecule has 0 spiro atoms. The molecule has 1 amide bonds. The van der Waals surface area contributed by atoms with Crippen molar-refractivity contribution in [2.24, 2.45) is 0 Å². The van der Waals surface area contributed by atoms with E-state index in [1.54, 1.807) is 23.1 Å². The number of nitrogens with zero attached hydrogens (tertiary/aromatic N) is 2. The molecule has 4 heterocycles. The van der Waals surface area contributed by atoms with Crippen molar-refractivity contribution >= 4 is 39.1 Å². The smallest absolute Gasteiger partial charge is 0.250 e. The van der Waals surface area contributed by atoms with Gasteiger partial charge in [0.2, 0.25) is 5.43 Å². The minimum atomic E-state index is -0.0829. The molecule has 8 heteroatoms. The Morgan fingerprint density at radius 1 is 1.13 bits per heavy atom. The molecule has 160 valence electrons. The first kappa shape index (κ1) is 19.8. The molecule has 31 heavy (non-hydrogen) atoms. The predicted octanol–water partition coefficient (Wildman–Crippen LogP) is 3.66. The zero-order chi connectivity index (χ0) is 21.4. The third kappa shape index (κ3) is 3.62. The maximum absolute atomic E-state index is 12.7. The van der Waals surface area contributed by atoms with Crippen molar-refractivity contribution in [3.8, 4) is 16.9 Å². The van der Waals surface area contributed by atoms with Gasteiger partial charge in [-0.3, -0.25) is 9.59 Å². The second-order valence-electron chi connectivity index (χ2n) is 7.38. The van der Waals surface area contributed by atoms with E-state index < -0.39 is 0 Å². The fourth-order valence-corrected chi connectivity index (χ4v) is 4.83. The number of allylic oxidation sites excluding steroid dienone is 1. The third-order valence-electron chi connectivity index (χ3n) is 5.46. The molecule has 2 aliphatic rings. The molecule has 7 nitrogen and oxygen atoms in total. The number of morpholine rings is 1. The molecule has 0 unspecified atom stereocenters. The summed E-state index contributed by atoms with van der Waals surface area (Å²) in [5.41, 5.74) is 2.94. The highest BCUT2D eigenvalue weighted by Crippen LogP contribution is 2.40. The maximum atomic E-state index is 12.7. The molecule has 0 aliphatic carbocycles. The summed E-state index contributed by atoms with van der Waals surface area (Å²) in [4.78, 5) is 29.0. The largest absolute Gasteiger partial charge is 0.490 e. The van der Waals surface area contributed by atoms with Crippen molar-refractivity contribution in [3.05, 3.63) is 52.0 Å². The summed E-state index contributed by atoms with van der Waals surface area (Å²) in [6.07, 6.45) is 3.28. The van der Waals surface area contributed by atoms with Crippen LogP contribution in [0.15, 0.2) is 51.0 Å². The molecular weight excluding hydrogens is 416 g/mol. The maximum Gasteiger partial charge on any atom is 0.250 e. The van der Waals surface area contributed by atoms with Crippen LogP contribution in [0.1, 0.15) is 6.92 Å². The molecule has 0 saturated carbocycles. The van der Waals surface area contributed by atoms with Crippen LogP contribution in [0.4, 0.5) is 11.6 Å². The zero-order valence-corrected chi connectivity index (χ0v) is 17.9. The zero-order valence-electron chi connectivity index (χ0n) is 17.1. The Morgan fingerprint density at radius 3 is 2.77 bits per heavy atom. The van der Waals surface area contributed by atoms with Gasteiger partial charge in [0.05, 0.1) is 25.4 Å². The predicted molar refractivity (Wildman–Crippen MR) is 121 cm³/mol. The molecule has 1 fully saturated rings. The van der Waals surface area contributed by atoms with E-state index in [9.17, 15) is 9.59 Å². The van der Waals surface area contributed by atoms with Gasteiger partial charge in [0, 0.05) is 30.1 Å². The Morgan fingerprint density at radius 2 is 1.97 bits per heavy atom. The molecule has 3 aromatic rings.